The van der Waals surface area contributed by atoms with E-state index in [9.17, 15) is 9.59 Å². The highest BCUT2D eigenvalue weighted by molar-refractivity contribution is 5.79. The first kappa shape index (κ1) is 16.5. The topological polar surface area (TPSA) is 78.6 Å². The number of rotatable bonds is 5. The fourth-order valence-corrected chi connectivity index (χ4v) is 3.06. The van der Waals surface area contributed by atoms with Crippen molar-refractivity contribution in [1.82, 2.24) is 0 Å². The Bertz CT molecular complexity index is 531. The van der Waals surface area contributed by atoms with E-state index in [-0.39, 0.29) is 18.6 Å². The predicted octanol–water partition coefficient (Wildman–Crippen LogP) is 2.18. The molecule has 0 aliphatic heterocycles. The van der Waals surface area contributed by atoms with Gasteiger partial charge in [0, 0.05) is 13.0 Å². The number of carbonyl (C=O) groups excluding carboxylic acids is 2. The molecule has 0 radical (unpaired) electrons. The Morgan fingerprint density at radius 2 is 2.05 bits per heavy atom. The average molecular weight is 305 g/mol. The second-order valence-electron chi connectivity index (χ2n) is 5.97. The molecule has 0 bridgehead atoms. The van der Waals surface area contributed by atoms with Gasteiger partial charge in [-0.25, -0.2) is 0 Å². The maximum absolute atomic E-state index is 12.6. The Labute approximate surface area is 130 Å². The SMILES string of the molecule is CC(=O)OC(C)[C@]1(C(=O)OCc2ccccc2)CC[C@@H](N)C1. The van der Waals surface area contributed by atoms with E-state index in [0.717, 1.165) is 12.0 Å². The zero-order chi connectivity index (χ0) is 16.2. The first-order valence-electron chi connectivity index (χ1n) is 7.58. The second-order valence-corrected chi connectivity index (χ2v) is 5.97. The largest absolute Gasteiger partial charge is 0.462 e. The standard InChI is InChI=1S/C17H23NO4/c1-12(22-13(2)19)17(9-8-15(18)10-17)16(20)21-11-14-6-4-3-5-7-14/h3-7,12,15H,8-11,18H2,1-2H3/t12?,15-,17+/m1/s1. The number of nitrogens with two attached hydrogens (primary N) is 1. The highest BCUT2D eigenvalue weighted by Crippen LogP contribution is 2.43. The molecule has 1 aromatic carbocycles. The number of ether oxygens (including phenoxy) is 2. The third kappa shape index (κ3) is 3.65. The lowest BCUT2D eigenvalue weighted by Crippen LogP contribution is -2.43. The molecule has 1 aromatic rings. The van der Waals surface area contributed by atoms with Gasteiger partial charge in [-0.05, 0) is 31.7 Å². The maximum Gasteiger partial charge on any atom is 0.316 e. The van der Waals surface area contributed by atoms with Crippen molar-refractivity contribution in [3.05, 3.63) is 35.9 Å². The van der Waals surface area contributed by atoms with Crippen LogP contribution in [-0.2, 0) is 25.7 Å². The molecule has 2 rings (SSSR count). The minimum absolute atomic E-state index is 0.0673. The van der Waals surface area contributed by atoms with E-state index in [4.69, 9.17) is 15.2 Å². The highest BCUT2D eigenvalue weighted by Gasteiger charge is 2.51. The van der Waals surface area contributed by atoms with Crippen LogP contribution in [0.15, 0.2) is 30.3 Å². The van der Waals surface area contributed by atoms with E-state index in [0.29, 0.717) is 12.8 Å². The molecule has 120 valence electrons. The molecular weight excluding hydrogens is 282 g/mol. The van der Waals surface area contributed by atoms with Crippen LogP contribution in [0.3, 0.4) is 0 Å². The van der Waals surface area contributed by atoms with E-state index in [1.54, 1.807) is 6.92 Å². The summed E-state index contributed by atoms with van der Waals surface area (Å²) in [6.45, 7) is 3.29. The average Bonchev–Trinajstić information content (AvgIpc) is 2.88. The first-order valence-corrected chi connectivity index (χ1v) is 7.58. The molecule has 5 heteroatoms. The van der Waals surface area contributed by atoms with Crippen LogP contribution in [0.5, 0.6) is 0 Å². The zero-order valence-corrected chi connectivity index (χ0v) is 13.1. The van der Waals surface area contributed by atoms with Crippen molar-refractivity contribution in [1.29, 1.82) is 0 Å². The van der Waals surface area contributed by atoms with Crippen molar-refractivity contribution in [2.75, 3.05) is 0 Å². The lowest BCUT2D eigenvalue weighted by atomic mass is 9.80. The summed E-state index contributed by atoms with van der Waals surface area (Å²) in [6, 6.07) is 9.43. The van der Waals surface area contributed by atoms with Crippen LogP contribution in [0.2, 0.25) is 0 Å². The van der Waals surface area contributed by atoms with Gasteiger partial charge in [0.25, 0.3) is 0 Å². The van der Waals surface area contributed by atoms with Gasteiger partial charge in [-0.1, -0.05) is 30.3 Å². The van der Waals surface area contributed by atoms with E-state index in [2.05, 4.69) is 0 Å². The van der Waals surface area contributed by atoms with E-state index in [1.807, 2.05) is 30.3 Å². The zero-order valence-electron chi connectivity index (χ0n) is 13.1. The van der Waals surface area contributed by atoms with Crippen LogP contribution in [0.4, 0.5) is 0 Å². The van der Waals surface area contributed by atoms with Gasteiger partial charge in [0.1, 0.15) is 18.1 Å². The molecule has 0 aromatic heterocycles. The van der Waals surface area contributed by atoms with Gasteiger partial charge in [0.05, 0.1) is 0 Å². The fraction of sp³-hybridized carbons (Fsp3) is 0.529. The summed E-state index contributed by atoms with van der Waals surface area (Å²) in [6.07, 6.45) is 1.25. The predicted molar refractivity (Wildman–Crippen MR) is 81.7 cm³/mol. The Morgan fingerprint density at radius 1 is 1.36 bits per heavy atom. The number of hydrogen-bond donors (Lipinski definition) is 1. The molecular formula is C17H23NO4. The summed E-state index contributed by atoms with van der Waals surface area (Å²) in [5.74, 6) is -0.735. The van der Waals surface area contributed by atoms with Gasteiger partial charge >= 0.3 is 11.9 Å². The Kier molecular flexibility index (Phi) is 5.19. The maximum atomic E-state index is 12.6. The van der Waals surface area contributed by atoms with Crippen molar-refractivity contribution >= 4 is 11.9 Å². The molecule has 3 atom stereocenters. The Morgan fingerprint density at radius 3 is 2.59 bits per heavy atom. The van der Waals surface area contributed by atoms with Crippen molar-refractivity contribution in [2.24, 2.45) is 11.1 Å². The lowest BCUT2D eigenvalue weighted by Gasteiger charge is -2.32. The summed E-state index contributed by atoms with van der Waals surface area (Å²) in [7, 11) is 0. The van der Waals surface area contributed by atoms with Crippen LogP contribution in [0.25, 0.3) is 0 Å². The number of benzene rings is 1. The van der Waals surface area contributed by atoms with E-state index >= 15 is 0 Å². The molecule has 0 amide bonds. The minimum atomic E-state index is -0.833. The highest BCUT2D eigenvalue weighted by atomic mass is 16.6. The molecule has 0 spiro atoms. The van der Waals surface area contributed by atoms with Gasteiger partial charge in [0.15, 0.2) is 0 Å². The quantitative estimate of drug-likeness (QED) is 0.844. The molecule has 1 fully saturated rings. The summed E-state index contributed by atoms with van der Waals surface area (Å²) in [5.41, 5.74) is 6.07. The van der Waals surface area contributed by atoms with Gasteiger partial charge in [-0.3, -0.25) is 9.59 Å². The summed E-state index contributed by atoms with van der Waals surface area (Å²) in [5, 5.41) is 0. The van der Waals surface area contributed by atoms with Crippen molar-refractivity contribution in [3.63, 3.8) is 0 Å². The molecule has 1 aliphatic carbocycles. The lowest BCUT2D eigenvalue weighted by molar-refractivity contribution is -0.171. The molecule has 1 saturated carbocycles. The van der Waals surface area contributed by atoms with Gasteiger partial charge < -0.3 is 15.2 Å². The number of carbonyl (C=O) groups is 2. The molecule has 1 unspecified atom stereocenters. The monoisotopic (exact) mass is 305 g/mol. The summed E-state index contributed by atoms with van der Waals surface area (Å²) < 4.78 is 10.7. The third-order valence-electron chi connectivity index (χ3n) is 4.33. The molecule has 1 aliphatic rings. The Hall–Kier alpha value is -1.88. The molecule has 5 nitrogen and oxygen atoms in total. The van der Waals surface area contributed by atoms with Crippen LogP contribution >= 0.6 is 0 Å². The molecule has 0 saturated heterocycles. The number of esters is 2. The normalized spacial score (nSPS) is 25.5. The van der Waals surface area contributed by atoms with E-state index in [1.165, 1.54) is 6.92 Å². The van der Waals surface area contributed by atoms with Crippen molar-refractivity contribution in [2.45, 2.75) is 51.9 Å². The van der Waals surface area contributed by atoms with Crippen LogP contribution in [-0.4, -0.2) is 24.1 Å². The van der Waals surface area contributed by atoms with Crippen LogP contribution in [0, 0.1) is 5.41 Å². The molecule has 22 heavy (non-hydrogen) atoms. The van der Waals surface area contributed by atoms with Crippen LogP contribution < -0.4 is 5.73 Å². The molecule has 0 heterocycles. The third-order valence-corrected chi connectivity index (χ3v) is 4.33. The van der Waals surface area contributed by atoms with Crippen LogP contribution in [0.1, 0.15) is 38.7 Å². The van der Waals surface area contributed by atoms with Crippen molar-refractivity contribution in [3.8, 4) is 0 Å². The minimum Gasteiger partial charge on any atom is -0.462 e. The number of hydrogen-bond acceptors (Lipinski definition) is 5. The summed E-state index contributed by atoms with van der Waals surface area (Å²) >= 11 is 0. The van der Waals surface area contributed by atoms with Gasteiger partial charge in [-0.2, -0.15) is 0 Å². The van der Waals surface area contributed by atoms with Gasteiger partial charge in [0.2, 0.25) is 0 Å². The second kappa shape index (κ2) is 6.92. The smallest absolute Gasteiger partial charge is 0.316 e. The van der Waals surface area contributed by atoms with Crippen molar-refractivity contribution < 1.29 is 19.1 Å². The fourth-order valence-electron chi connectivity index (χ4n) is 3.06. The van der Waals surface area contributed by atoms with Gasteiger partial charge in [-0.15, -0.1) is 0 Å². The first-order chi connectivity index (χ1) is 10.4. The van der Waals surface area contributed by atoms with E-state index < -0.39 is 17.5 Å². The molecule has 2 N–H and O–H groups in total. The Balaban J connectivity index is 2.08. The summed E-state index contributed by atoms with van der Waals surface area (Å²) in [4.78, 5) is 23.9.